The van der Waals surface area contributed by atoms with Crippen LogP contribution < -0.4 is 5.73 Å². The van der Waals surface area contributed by atoms with Crippen LogP contribution in [0.5, 0.6) is 0 Å². The molecule has 1 aromatic heterocycles. The zero-order valence-corrected chi connectivity index (χ0v) is 12.4. The van der Waals surface area contributed by atoms with E-state index in [1.54, 1.807) is 30.3 Å². The Balaban J connectivity index is 2.81. The summed E-state index contributed by atoms with van der Waals surface area (Å²) in [7, 11) is 5.51. The molecule has 0 aliphatic rings. The second kappa shape index (κ2) is 6.87. The van der Waals surface area contributed by atoms with E-state index in [2.05, 4.69) is 13.0 Å². The van der Waals surface area contributed by atoms with Gasteiger partial charge in [-0.05, 0) is 24.9 Å². The molecular weight excluding hydrogens is 246 g/mol. The lowest BCUT2D eigenvalue weighted by Gasteiger charge is -2.31. The van der Waals surface area contributed by atoms with Gasteiger partial charge >= 0.3 is 0 Å². The number of likely N-dealkylation sites (N-methyl/N-ethyl adjacent to an activating group) is 2. The summed E-state index contributed by atoms with van der Waals surface area (Å²) in [4.78, 5) is 16.7. The number of amides is 1. The number of rotatable bonds is 6. The molecule has 0 radical (unpaired) electrons. The maximum atomic E-state index is 11.8. The molecule has 1 heterocycles. The van der Waals surface area contributed by atoms with Crippen LogP contribution in [-0.4, -0.2) is 49.4 Å². The lowest BCUT2D eigenvalue weighted by Crippen LogP contribution is -2.43. The highest BCUT2D eigenvalue weighted by Gasteiger charge is 2.25. The first-order valence-corrected chi connectivity index (χ1v) is 7.04. The number of nitrogens with two attached hydrogens (primary N) is 1. The normalized spacial score (nSPS) is 14.6. The van der Waals surface area contributed by atoms with E-state index in [4.69, 9.17) is 5.73 Å². The van der Waals surface area contributed by atoms with Gasteiger partial charge in [0.05, 0.1) is 12.6 Å². The Kier molecular flexibility index (Phi) is 5.78. The average Bonchev–Trinajstić information content (AvgIpc) is 2.82. The molecule has 0 bridgehead atoms. The molecule has 1 aromatic rings. The third-order valence-electron chi connectivity index (χ3n) is 3.07. The molecule has 0 saturated carbocycles. The van der Waals surface area contributed by atoms with Gasteiger partial charge in [0.2, 0.25) is 5.91 Å². The summed E-state index contributed by atoms with van der Waals surface area (Å²) in [5, 5.41) is 2.05. The fourth-order valence-corrected chi connectivity index (χ4v) is 2.86. The molecule has 0 aromatic carbocycles. The van der Waals surface area contributed by atoms with E-state index in [0.29, 0.717) is 6.54 Å². The lowest BCUT2D eigenvalue weighted by molar-refractivity contribution is -0.130. The summed E-state index contributed by atoms with van der Waals surface area (Å²) in [6.45, 7) is 2.47. The van der Waals surface area contributed by atoms with Crippen LogP contribution in [0.15, 0.2) is 17.5 Å². The van der Waals surface area contributed by atoms with Crippen LogP contribution in [0.25, 0.3) is 0 Å². The molecule has 4 nitrogen and oxygen atoms in total. The van der Waals surface area contributed by atoms with Gasteiger partial charge in [0, 0.05) is 25.0 Å². The minimum absolute atomic E-state index is 0.0450. The monoisotopic (exact) mass is 269 g/mol. The van der Waals surface area contributed by atoms with E-state index in [1.807, 2.05) is 23.4 Å². The summed E-state index contributed by atoms with van der Waals surface area (Å²) in [6.07, 6.45) is 0.892. The molecular formula is C13H23N3OS. The second-order valence-electron chi connectivity index (χ2n) is 4.74. The number of nitrogens with zero attached hydrogens (tertiary/aromatic N) is 2. The highest BCUT2D eigenvalue weighted by Crippen LogP contribution is 2.27. The first kappa shape index (κ1) is 15.1. The van der Waals surface area contributed by atoms with Crippen molar-refractivity contribution in [2.24, 2.45) is 5.73 Å². The Morgan fingerprint density at radius 3 is 2.56 bits per heavy atom. The molecule has 1 amide bonds. The van der Waals surface area contributed by atoms with Gasteiger partial charge in [-0.25, -0.2) is 0 Å². The molecule has 2 N–H and O–H groups in total. The molecule has 102 valence electrons. The number of hydrogen-bond acceptors (Lipinski definition) is 4. The van der Waals surface area contributed by atoms with E-state index in [1.165, 1.54) is 4.88 Å². The largest absolute Gasteiger partial charge is 0.348 e. The Morgan fingerprint density at radius 2 is 2.11 bits per heavy atom. The SMILES string of the molecule is CCC(N)C(c1cccs1)N(C)CC(=O)N(C)C. The zero-order chi connectivity index (χ0) is 13.7. The van der Waals surface area contributed by atoms with Crippen LogP contribution in [0.2, 0.25) is 0 Å². The first-order chi connectivity index (χ1) is 8.47. The molecule has 18 heavy (non-hydrogen) atoms. The van der Waals surface area contributed by atoms with Crippen molar-refractivity contribution < 1.29 is 4.79 Å². The van der Waals surface area contributed by atoms with Crippen molar-refractivity contribution in [3.05, 3.63) is 22.4 Å². The van der Waals surface area contributed by atoms with Gasteiger partial charge in [0.15, 0.2) is 0 Å². The van der Waals surface area contributed by atoms with Crippen molar-refractivity contribution in [1.29, 1.82) is 0 Å². The second-order valence-corrected chi connectivity index (χ2v) is 5.71. The van der Waals surface area contributed by atoms with Crippen LogP contribution in [-0.2, 0) is 4.79 Å². The topological polar surface area (TPSA) is 49.6 Å². The van der Waals surface area contributed by atoms with E-state index in [0.717, 1.165) is 6.42 Å². The van der Waals surface area contributed by atoms with Gasteiger partial charge in [0.1, 0.15) is 0 Å². The van der Waals surface area contributed by atoms with E-state index >= 15 is 0 Å². The number of thiophene rings is 1. The summed E-state index contributed by atoms with van der Waals surface area (Å²) < 4.78 is 0. The standard InChI is InChI=1S/C13H23N3OS/c1-5-10(14)13(11-7-6-8-18-11)16(4)9-12(17)15(2)3/h6-8,10,13H,5,9,14H2,1-4H3. The summed E-state index contributed by atoms with van der Waals surface area (Å²) in [5.41, 5.74) is 6.20. The van der Waals surface area contributed by atoms with Gasteiger partial charge in [-0.3, -0.25) is 9.69 Å². The van der Waals surface area contributed by atoms with E-state index in [-0.39, 0.29) is 18.0 Å². The smallest absolute Gasteiger partial charge is 0.236 e. The number of hydrogen-bond donors (Lipinski definition) is 1. The van der Waals surface area contributed by atoms with Crippen LogP contribution >= 0.6 is 11.3 Å². The molecule has 0 spiro atoms. The Bertz CT molecular complexity index is 364. The summed E-state index contributed by atoms with van der Waals surface area (Å²) in [5.74, 6) is 0.0994. The highest BCUT2D eigenvalue weighted by atomic mass is 32.1. The first-order valence-electron chi connectivity index (χ1n) is 6.16. The predicted octanol–water partition coefficient (Wildman–Crippen LogP) is 1.55. The third kappa shape index (κ3) is 3.80. The molecule has 2 unspecified atom stereocenters. The van der Waals surface area contributed by atoms with Crippen molar-refractivity contribution in [3.8, 4) is 0 Å². The minimum Gasteiger partial charge on any atom is -0.348 e. The van der Waals surface area contributed by atoms with E-state index in [9.17, 15) is 4.79 Å². The van der Waals surface area contributed by atoms with Gasteiger partial charge in [-0.2, -0.15) is 0 Å². The van der Waals surface area contributed by atoms with Gasteiger partial charge in [0.25, 0.3) is 0 Å². The third-order valence-corrected chi connectivity index (χ3v) is 4.01. The summed E-state index contributed by atoms with van der Waals surface area (Å²) in [6, 6.07) is 4.26. The van der Waals surface area contributed by atoms with Crippen molar-refractivity contribution in [1.82, 2.24) is 9.80 Å². The minimum atomic E-state index is 0.0450. The molecule has 0 aliphatic heterocycles. The fourth-order valence-electron chi connectivity index (χ4n) is 1.89. The molecule has 0 saturated heterocycles. The molecule has 1 rings (SSSR count). The molecule has 0 fully saturated rings. The lowest BCUT2D eigenvalue weighted by atomic mass is 10.0. The van der Waals surface area contributed by atoms with Crippen LogP contribution in [0.4, 0.5) is 0 Å². The average molecular weight is 269 g/mol. The Hall–Kier alpha value is -0.910. The fraction of sp³-hybridized carbons (Fsp3) is 0.615. The van der Waals surface area contributed by atoms with Crippen molar-refractivity contribution in [2.45, 2.75) is 25.4 Å². The van der Waals surface area contributed by atoms with Crippen molar-refractivity contribution in [3.63, 3.8) is 0 Å². The van der Waals surface area contributed by atoms with Crippen molar-refractivity contribution >= 4 is 17.2 Å². The van der Waals surface area contributed by atoms with Gasteiger partial charge in [-0.15, -0.1) is 11.3 Å². The quantitative estimate of drug-likeness (QED) is 0.852. The molecule has 0 aliphatic carbocycles. The van der Waals surface area contributed by atoms with Crippen LogP contribution in [0.1, 0.15) is 24.3 Å². The zero-order valence-electron chi connectivity index (χ0n) is 11.6. The number of carbonyl (C=O) groups is 1. The van der Waals surface area contributed by atoms with Crippen LogP contribution in [0.3, 0.4) is 0 Å². The number of carbonyl (C=O) groups excluding carboxylic acids is 1. The van der Waals surface area contributed by atoms with Gasteiger partial charge < -0.3 is 10.6 Å². The molecule has 2 atom stereocenters. The van der Waals surface area contributed by atoms with Crippen molar-refractivity contribution in [2.75, 3.05) is 27.7 Å². The maximum absolute atomic E-state index is 11.8. The summed E-state index contributed by atoms with van der Waals surface area (Å²) >= 11 is 1.69. The predicted molar refractivity (Wildman–Crippen MR) is 76.7 cm³/mol. The highest BCUT2D eigenvalue weighted by molar-refractivity contribution is 7.10. The Labute approximate surface area is 113 Å². The Morgan fingerprint density at radius 1 is 1.44 bits per heavy atom. The van der Waals surface area contributed by atoms with Crippen LogP contribution in [0, 0.1) is 0 Å². The molecule has 5 heteroatoms. The van der Waals surface area contributed by atoms with Gasteiger partial charge in [-0.1, -0.05) is 13.0 Å². The maximum Gasteiger partial charge on any atom is 0.236 e. The van der Waals surface area contributed by atoms with E-state index < -0.39 is 0 Å².